The molecule has 1 heterocycles. The first-order valence-corrected chi connectivity index (χ1v) is 10.8. The van der Waals surface area contributed by atoms with Crippen molar-refractivity contribution >= 4 is 23.5 Å². The number of amides is 1. The summed E-state index contributed by atoms with van der Waals surface area (Å²) in [6.45, 7) is 4.50. The third kappa shape index (κ3) is 5.54. The fourth-order valence-electron chi connectivity index (χ4n) is 3.83. The zero-order chi connectivity index (χ0) is 22.6. The molecule has 1 amide bonds. The van der Waals surface area contributed by atoms with E-state index in [0.717, 1.165) is 17.5 Å². The van der Waals surface area contributed by atoms with Crippen LogP contribution in [0, 0.1) is 0 Å². The molecule has 0 aromatic heterocycles. The third-order valence-corrected chi connectivity index (χ3v) is 6.31. The van der Waals surface area contributed by atoms with E-state index in [0.29, 0.717) is 24.4 Å². The van der Waals surface area contributed by atoms with Gasteiger partial charge in [-0.25, -0.2) is 4.79 Å². The lowest BCUT2D eigenvalue weighted by atomic mass is 9.79. The molecule has 31 heavy (non-hydrogen) atoms. The van der Waals surface area contributed by atoms with Crippen molar-refractivity contribution < 1.29 is 19.8 Å². The van der Waals surface area contributed by atoms with Gasteiger partial charge in [-0.3, -0.25) is 4.79 Å². The van der Waals surface area contributed by atoms with Crippen LogP contribution in [-0.2, 0) is 16.6 Å². The molecule has 0 radical (unpaired) electrons. The Morgan fingerprint density at radius 2 is 1.84 bits per heavy atom. The molecule has 2 aromatic rings. The van der Waals surface area contributed by atoms with Crippen molar-refractivity contribution in [1.29, 1.82) is 0 Å². The van der Waals surface area contributed by atoms with Crippen molar-refractivity contribution in [1.82, 2.24) is 4.90 Å². The van der Waals surface area contributed by atoms with Gasteiger partial charge < -0.3 is 15.1 Å². The molecule has 5 nitrogen and oxygen atoms in total. The highest BCUT2D eigenvalue weighted by Crippen LogP contribution is 2.30. The summed E-state index contributed by atoms with van der Waals surface area (Å²) < 4.78 is 0. The van der Waals surface area contributed by atoms with Gasteiger partial charge in [0.1, 0.15) is 0 Å². The predicted molar refractivity (Wildman–Crippen MR) is 121 cm³/mol. The lowest BCUT2D eigenvalue weighted by Gasteiger charge is -2.30. The third-order valence-electron chi connectivity index (χ3n) is 6.06. The molecule has 0 bridgehead atoms. The van der Waals surface area contributed by atoms with Crippen molar-refractivity contribution in [2.45, 2.75) is 50.7 Å². The number of halogens is 1. The van der Waals surface area contributed by atoms with Crippen LogP contribution in [-0.4, -0.2) is 45.7 Å². The number of carbonyl (C=O) groups is 2. The van der Waals surface area contributed by atoms with Crippen LogP contribution in [0.25, 0.3) is 0 Å². The zero-order valence-electron chi connectivity index (χ0n) is 17.8. The second kappa shape index (κ2) is 9.67. The number of likely N-dealkylation sites (tertiary alicyclic amines) is 1. The van der Waals surface area contributed by atoms with E-state index in [9.17, 15) is 14.7 Å². The summed E-state index contributed by atoms with van der Waals surface area (Å²) >= 11 is 5.97. The predicted octanol–water partition coefficient (Wildman–Crippen LogP) is 4.47. The number of hydrogen-bond acceptors (Lipinski definition) is 3. The molecule has 2 N–H and O–H groups in total. The quantitative estimate of drug-likeness (QED) is 0.592. The fourth-order valence-corrected chi connectivity index (χ4v) is 3.96. The van der Waals surface area contributed by atoms with E-state index in [1.54, 1.807) is 30.3 Å². The van der Waals surface area contributed by atoms with E-state index in [4.69, 9.17) is 16.7 Å². The number of carboxylic acid groups (broad SMARTS) is 1. The first-order chi connectivity index (χ1) is 14.7. The van der Waals surface area contributed by atoms with Crippen LogP contribution in [0.1, 0.15) is 48.2 Å². The van der Waals surface area contributed by atoms with Crippen molar-refractivity contribution in [2.24, 2.45) is 0 Å². The summed E-state index contributed by atoms with van der Waals surface area (Å²) in [5, 5.41) is 20.5. The van der Waals surface area contributed by atoms with Crippen LogP contribution in [0.3, 0.4) is 0 Å². The highest BCUT2D eigenvalue weighted by molar-refractivity contribution is 6.30. The van der Waals surface area contributed by atoms with Gasteiger partial charge in [0.05, 0.1) is 17.7 Å². The number of rotatable bonds is 8. The van der Waals surface area contributed by atoms with E-state index in [1.807, 2.05) is 49.1 Å². The Hall–Kier alpha value is -2.63. The SMILES string of the molecule is CC(C)(c1ccc(Cl)cc1)[C@@H](O)C=C[C@H]1CCC(=O)N1CCc1ccc(C(=O)O)cc1. The minimum atomic E-state index is -0.952. The van der Waals surface area contributed by atoms with Crippen molar-refractivity contribution in [3.63, 3.8) is 0 Å². The average Bonchev–Trinajstić information content (AvgIpc) is 3.10. The molecule has 6 heteroatoms. The van der Waals surface area contributed by atoms with Gasteiger partial charge in [-0.2, -0.15) is 0 Å². The fraction of sp³-hybridized carbons (Fsp3) is 0.360. The van der Waals surface area contributed by atoms with Gasteiger partial charge >= 0.3 is 5.97 Å². The number of hydrogen-bond donors (Lipinski definition) is 2. The number of aromatic carboxylic acids is 1. The average molecular weight is 442 g/mol. The Labute approximate surface area is 188 Å². The molecule has 1 aliphatic rings. The van der Waals surface area contributed by atoms with Crippen LogP contribution in [0.2, 0.25) is 5.02 Å². The standard InChI is InChI=1S/C25H28ClNO4/c1-25(2,19-7-9-20(26)10-8-19)22(28)13-11-21-12-14-23(29)27(21)16-15-17-3-5-18(6-4-17)24(30)31/h3-11,13,21-22,28H,12,14-16H2,1-2H3,(H,30,31)/t21-,22-/m0/s1. The first-order valence-electron chi connectivity index (χ1n) is 10.4. The minimum Gasteiger partial charge on any atom is -0.478 e. The molecule has 0 unspecified atom stereocenters. The summed E-state index contributed by atoms with van der Waals surface area (Å²) in [4.78, 5) is 25.2. The van der Waals surface area contributed by atoms with E-state index < -0.39 is 17.5 Å². The number of nitrogens with zero attached hydrogens (tertiary/aromatic N) is 1. The Morgan fingerprint density at radius 1 is 1.19 bits per heavy atom. The van der Waals surface area contributed by atoms with Crippen molar-refractivity contribution in [2.75, 3.05) is 6.54 Å². The molecule has 1 fully saturated rings. The van der Waals surface area contributed by atoms with Crippen LogP contribution < -0.4 is 0 Å². The zero-order valence-corrected chi connectivity index (χ0v) is 18.5. The normalized spacial score (nSPS) is 18.0. The topological polar surface area (TPSA) is 77.8 Å². The Morgan fingerprint density at radius 3 is 2.45 bits per heavy atom. The van der Waals surface area contributed by atoms with Gasteiger partial charge in [0.25, 0.3) is 0 Å². The molecule has 3 rings (SSSR count). The summed E-state index contributed by atoms with van der Waals surface area (Å²) in [5.41, 5.74) is 1.72. The molecule has 1 saturated heterocycles. The van der Waals surface area contributed by atoms with E-state index >= 15 is 0 Å². The molecule has 0 spiro atoms. The van der Waals surface area contributed by atoms with E-state index in [1.165, 1.54) is 0 Å². The molecule has 164 valence electrons. The van der Waals surface area contributed by atoms with E-state index in [2.05, 4.69) is 0 Å². The second-order valence-electron chi connectivity index (χ2n) is 8.50. The van der Waals surface area contributed by atoms with Gasteiger partial charge in [-0.1, -0.05) is 61.9 Å². The molecule has 2 aromatic carbocycles. The van der Waals surface area contributed by atoms with Gasteiger partial charge in [0, 0.05) is 23.4 Å². The Bertz CT molecular complexity index is 950. The Balaban J connectivity index is 1.64. The highest BCUT2D eigenvalue weighted by atomic mass is 35.5. The number of aliphatic hydroxyl groups excluding tert-OH is 1. The van der Waals surface area contributed by atoms with Crippen LogP contribution in [0.4, 0.5) is 0 Å². The number of carboxylic acids is 1. The molecular formula is C25H28ClNO4. The maximum atomic E-state index is 12.4. The number of carbonyl (C=O) groups excluding carboxylic acids is 1. The van der Waals surface area contributed by atoms with Crippen LogP contribution in [0.5, 0.6) is 0 Å². The first kappa shape index (κ1) is 23.0. The van der Waals surface area contributed by atoms with Crippen molar-refractivity contribution in [3.8, 4) is 0 Å². The molecule has 0 aliphatic carbocycles. The minimum absolute atomic E-state index is 0.0542. The van der Waals surface area contributed by atoms with Gasteiger partial charge in [-0.05, 0) is 48.2 Å². The number of aliphatic hydroxyl groups is 1. The maximum absolute atomic E-state index is 12.4. The molecule has 0 saturated carbocycles. The summed E-state index contributed by atoms with van der Waals surface area (Å²) in [5.74, 6) is -0.852. The lowest BCUT2D eigenvalue weighted by Crippen LogP contribution is -2.35. The Kier molecular flexibility index (Phi) is 7.19. The molecule has 2 atom stereocenters. The monoisotopic (exact) mass is 441 g/mol. The largest absolute Gasteiger partial charge is 0.478 e. The number of benzene rings is 2. The summed E-state index contributed by atoms with van der Waals surface area (Å²) in [6, 6.07) is 14.1. The molecule has 1 aliphatic heterocycles. The second-order valence-corrected chi connectivity index (χ2v) is 8.94. The maximum Gasteiger partial charge on any atom is 0.335 e. The lowest BCUT2D eigenvalue weighted by molar-refractivity contribution is -0.128. The van der Waals surface area contributed by atoms with Crippen molar-refractivity contribution in [3.05, 3.63) is 82.4 Å². The van der Waals surface area contributed by atoms with Gasteiger partial charge in [-0.15, -0.1) is 0 Å². The summed E-state index contributed by atoms with van der Waals surface area (Å²) in [7, 11) is 0. The summed E-state index contributed by atoms with van der Waals surface area (Å²) in [6.07, 6.45) is 4.86. The molecular weight excluding hydrogens is 414 g/mol. The van der Waals surface area contributed by atoms with Crippen LogP contribution in [0.15, 0.2) is 60.7 Å². The van der Waals surface area contributed by atoms with Gasteiger partial charge in [0.2, 0.25) is 5.91 Å². The smallest absolute Gasteiger partial charge is 0.335 e. The highest BCUT2D eigenvalue weighted by Gasteiger charge is 2.31. The van der Waals surface area contributed by atoms with E-state index in [-0.39, 0.29) is 17.5 Å². The van der Waals surface area contributed by atoms with Crippen LogP contribution >= 0.6 is 11.6 Å². The van der Waals surface area contributed by atoms with Gasteiger partial charge in [0.15, 0.2) is 0 Å².